The van der Waals surface area contributed by atoms with Crippen LogP contribution in [-0.2, 0) is 0 Å². The number of hydrogen-bond donors (Lipinski definition) is 3. The smallest absolute Gasteiger partial charge is 0.209 e. The van der Waals surface area contributed by atoms with E-state index in [0.29, 0.717) is 5.96 Å². The summed E-state index contributed by atoms with van der Waals surface area (Å²) in [6.07, 6.45) is 0. The Bertz CT molecular complexity index is 489. The van der Waals surface area contributed by atoms with Crippen molar-refractivity contribution in [2.75, 3.05) is 12.4 Å². The molecule has 78 valence electrons. The van der Waals surface area contributed by atoms with Crippen LogP contribution in [0, 0.1) is 0 Å². The quantitative estimate of drug-likeness (QED) is 0.297. The van der Waals surface area contributed by atoms with Crippen molar-refractivity contribution in [3.63, 3.8) is 0 Å². The lowest BCUT2D eigenvalue weighted by atomic mass is 10.2. The molecule has 0 aliphatic carbocycles. The average molecular weight is 220 g/mol. The van der Waals surface area contributed by atoms with Crippen LogP contribution in [0.2, 0.25) is 0 Å². The Morgan fingerprint density at radius 3 is 3.00 bits per heavy atom. The Hall–Kier alpha value is -1.59. The third-order valence-corrected chi connectivity index (χ3v) is 2.97. The van der Waals surface area contributed by atoms with Crippen LogP contribution in [-0.4, -0.2) is 13.0 Å². The number of rotatable bonds is 1. The van der Waals surface area contributed by atoms with Crippen LogP contribution in [0.4, 0.5) is 5.69 Å². The molecular weight excluding hydrogens is 208 g/mol. The molecule has 1 aromatic carbocycles. The summed E-state index contributed by atoms with van der Waals surface area (Å²) in [5.74, 6) is 5.83. The highest BCUT2D eigenvalue weighted by atomic mass is 32.1. The summed E-state index contributed by atoms with van der Waals surface area (Å²) in [7, 11) is 1.67. The lowest BCUT2D eigenvalue weighted by Crippen LogP contribution is -2.35. The number of hydrogen-bond acceptors (Lipinski definition) is 3. The van der Waals surface area contributed by atoms with Crippen molar-refractivity contribution in [3.8, 4) is 0 Å². The fourth-order valence-electron chi connectivity index (χ4n) is 1.34. The van der Waals surface area contributed by atoms with E-state index < -0.39 is 0 Å². The van der Waals surface area contributed by atoms with Crippen LogP contribution >= 0.6 is 11.3 Å². The van der Waals surface area contributed by atoms with Crippen LogP contribution in [0.15, 0.2) is 34.6 Å². The van der Waals surface area contributed by atoms with Gasteiger partial charge in [-0.25, -0.2) is 5.84 Å². The van der Waals surface area contributed by atoms with Gasteiger partial charge in [0, 0.05) is 17.4 Å². The number of guanidine groups is 1. The Labute approximate surface area is 91.8 Å². The minimum Gasteiger partial charge on any atom is -0.325 e. The van der Waals surface area contributed by atoms with Gasteiger partial charge in [0.05, 0.1) is 0 Å². The van der Waals surface area contributed by atoms with E-state index in [9.17, 15) is 0 Å². The van der Waals surface area contributed by atoms with E-state index in [1.54, 1.807) is 18.4 Å². The van der Waals surface area contributed by atoms with Crippen molar-refractivity contribution in [1.82, 2.24) is 5.43 Å². The number of nitrogens with two attached hydrogens (primary N) is 1. The molecule has 0 atom stereocenters. The third kappa shape index (κ3) is 2.08. The molecule has 4 nitrogen and oxygen atoms in total. The molecule has 15 heavy (non-hydrogen) atoms. The summed E-state index contributed by atoms with van der Waals surface area (Å²) >= 11 is 1.73. The molecular formula is C10H12N4S. The van der Waals surface area contributed by atoms with Gasteiger partial charge in [-0.3, -0.25) is 10.4 Å². The van der Waals surface area contributed by atoms with E-state index in [-0.39, 0.29) is 0 Å². The van der Waals surface area contributed by atoms with Gasteiger partial charge in [-0.2, -0.15) is 0 Å². The summed E-state index contributed by atoms with van der Waals surface area (Å²) < 4.78 is 1.27. The SMILES string of the molecule is CN=C(NN)Nc1ccc2sccc2c1. The summed E-state index contributed by atoms with van der Waals surface area (Å²) in [6, 6.07) is 8.23. The first kappa shape index (κ1) is 9.95. The predicted octanol–water partition coefficient (Wildman–Crippen LogP) is 1.76. The van der Waals surface area contributed by atoms with Crippen molar-refractivity contribution < 1.29 is 0 Å². The topological polar surface area (TPSA) is 62.4 Å². The maximum atomic E-state index is 5.28. The van der Waals surface area contributed by atoms with Gasteiger partial charge in [-0.05, 0) is 35.0 Å². The predicted molar refractivity (Wildman–Crippen MR) is 66.1 cm³/mol. The first-order chi connectivity index (χ1) is 7.33. The van der Waals surface area contributed by atoms with Crippen molar-refractivity contribution in [2.24, 2.45) is 10.8 Å². The molecule has 0 unspecified atom stereocenters. The second-order valence-corrected chi connectivity index (χ2v) is 3.96. The van der Waals surface area contributed by atoms with E-state index in [2.05, 4.69) is 39.3 Å². The van der Waals surface area contributed by atoms with Crippen LogP contribution < -0.4 is 16.6 Å². The molecule has 0 saturated carbocycles. The zero-order chi connectivity index (χ0) is 10.7. The van der Waals surface area contributed by atoms with Gasteiger partial charge in [-0.15, -0.1) is 11.3 Å². The van der Waals surface area contributed by atoms with E-state index in [1.807, 2.05) is 6.07 Å². The molecule has 0 saturated heterocycles. The molecule has 0 radical (unpaired) electrons. The zero-order valence-electron chi connectivity index (χ0n) is 8.32. The Balaban J connectivity index is 2.28. The van der Waals surface area contributed by atoms with E-state index >= 15 is 0 Å². The molecule has 2 rings (SSSR count). The second-order valence-electron chi connectivity index (χ2n) is 3.01. The number of nitrogens with one attached hydrogen (secondary N) is 2. The van der Waals surface area contributed by atoms with Gasteiger partial charge in [0.15, 0.2) is 0 Å². The van der Waals surface area contributed by atoms with Crippen LogP contribution in [0.3, 0.4) is 0 Å². The molecule has 0 fully saturated rings. The Morgan fingerprint density at radius 2 is 2.27 bits per heavy atom. The summed E-state index contributed by atoms with van der Waals surface area (Å²) in [6.45, 7) is 0. The molecule has 4 N–H and O–H groups in total. The van der Waals surface area contributed by atoms with Gasteiger partial charge in [-0.1, -0.05) is 0 Å². The van der Waals surface area contributed by atoms with E-state index in [4.69, 9.17) is 5.84 Å². The minimum atomic E-state index is 0.546. The van der Waals surface area contributed by atoms with Crippen molar-refractivity contribution in [3.05, 3.63) is 29.6 Å². The number of aliphatic imine (C=N–C) groups is 1. The molecule has 1 aromatic heterocycles. The van der Waals surface area contributed by atoms with Crippen LogP contribution in [0.1, 0.15) is 0 Å². The molecule has 0 spiro atoms. The van der Waals surface area contributed by atoms with Crippen LogP contribution in [0.25, 0.3) is 10.1 Å². The minimum absolute atomic E-state index is 0.546. The zero-order valence-corrected chi connectivity index (χ0v) is 9.14. The standard InChI is InChI=1S/C10H12N4S/c1-12-10(14-11)13-8-2-3-9-7(6-8)4-5-15-9/h2-6H,11H2,1H3,(H2,12,13,14). The number of anilines is 1. The molecule has 0 aliphatic heterocycles. The second kappa shape index (κ2) is 4.29. The van der Waals surface area contributed by atoms with Gasteiger partial charge < -0.3 is 5.32 Å². The number of nitrogens with zero attached hydrogens (tertiary/aromatic N) is 1. The highest BCUT2D eigenvalue weighted by Crippen LogP contribution is 2.23. The summed E-state index contributed by atoms with van der Waals surface area (Å²) in [5, 5.41) is 6.37. The monoisotopic (exact) mass is 220 g/mol. The maximum Gasteiger partial charge on any atom is 0.209 e. The van der Waals surface area contributed by atoms with E-state index in [1.165, 1.54) is 10.1 Å². The van der Waals surface area contributed by atoms with Gasteiger partial charge in [0.2, 0.25) is 5.96 Å². The van der Waals surface area contributed by atoms with Gasteiger partial charge >= 0.3 is 0 Å². The third-order valence-electron chi connectivity index (χ3n) is 2.08. The van der Waals surface area contributed by atoms with E-state index in [0.717, 1.165) is 5.69 Å². The first-order valence-corrected chi connectivity index (χ1v) is 5.39. The van der Waals surface area contributed by atoms with Gasteiger partial charge in [0.25, 0.3) is 0 Å². The largest absolute Gasteiger partial charge is 0.325 e. The molecule has 0 bridgehead atoms. The summed E-state index contributed by atoms with van der Waals surface area (Å²) in [4.78, 5) is 3.94. The first-order valence-electron chi connectivity index (χ1n) is 4.51. The highest BCUT2D eigenvalue weighted by molar-refractivity contribution is 7.17. The molecule has 2 aromatic rings. The average Bonchev–Trinajstić information content (AvgIpc) is 2.73. The van der Waals surface area contributed by atoms with Crippen molar-refractivity contribution in [1.29, 1.82) is 0 Å². The molecule has 0 aliphatic rings. The molecule has 0 amide bonds. The maximum absolute atomic E-state index is 5.28. The van der Waals surface area contributed by atoms with Crippen molar-refractivity contribution >= 4 is 33.1 Å². The summed E-state index contributed by atoms with van der Waals surface area (Å²) in [5.41, 5.74) is 3.46. The van der Waals surface area contributed by atoms with Gasteiger partial charge in [0.1, 0.15) is 0 Å². The lowest BCUT2D eigenvalue weighted by molar-refractivity contribution is 1.01. The highest BCUT2D eigenvalue weighted by Gasteiger charge is 1.99. The number of benzene rings is 1. The molecule has 5 heteroatoms. The Morgan fingerprint density at radius 1 is 1.40 bits per heavy atom. The fraction of sp³-hybridized carbons (Fsp3) is 0.100. The normalized spacial score (nSPS) is 11.7. The van der Waals surface area contributed by atoms with Crippen LogP contribution in [0.5, 0.6) is 0 Å². The molecule has 1 heterocycles. The number of hydrazine groups is 1. The Kier molecular flexibility index (Phi) is 2.84. The fourth-order valence-corrected chi connectivity index (χ4v) is 2.11. The lowest BCUT2D eigenvalue weighted by Gasteiger charge is -2.07. The van der Waals surface area contributed by atoms with Crippen molar-refractivity contribution in [2.45, 2.75) is 0 Å². The number of thiophene rings is 1. The number of fused-ring (bicyclic) bond motifs is 1.